The molecular weight excluding hydrogens is 247 g/mol. The molecule has 0 fully saturated rings. The maximum atomic E-state index is 13.9. The highest BCUT2D eigenvalue weighted by atomic mass is 19.1. The van der Waals surface area contributed by atoms with Gasteiger partial charge in [0.15, 0.2) is 5.82 Å². The van der Waals surface area contributed by atoms with E-state index in [1.54, 1.807) is 0 Å². The van der Waals surface area contributed by atoms with Crippen molar-refractivity contribution in [1.29, 1.82) is 0 Å². The van der Waals surface area contributed by atoms with Crippen molar-refractivity contribution in [2.24, 2.45) is 0 Å². The molecule has 1 aromatic carbocycles. The molecule has 1 heterocycles. The van der Waals surface area contributed by atoms with Crippen LogP contribution in [-0.2, 0) is 11.2 Å². The van der Waals surface area contributed by atoms with Gasteiger partial charge in [0.2, 0.25) is 0 Å². The summed E-state index contributed by atoms with van der Waals surface area (Å²) >= 11 is 0. The van der Waals surface area contributed by atoms with Crippen LogP contribution in [0.2, 0.25) is 0 Å². The van der Waals surface area contributed by atoms with Gasteiger partial charge in [0.1, 0.15) is 12.2 Å². The molecule has 0 aliphatic heterocycles. The summed E-state index contributed by atoms with van der Waals surface area (Å²) in [6, 6.07) is 9.09. The first-order chi connectivity index (χ1) is 9.09. The molecule has 0 aliphatic rings. The van der Waals surface area contributed by atoms with E-state index in [4.69, 9.17) is 0 Å². The normalized spacial score (nSPS) is 12.1. The lowest BCUT2D eigenvalue weighted by Crippen LogP contribution is -2.18. The molecule has 19 heavy (non-hydrogen) atoms. The average Bonchev–Trinajstić information content (AvgIpc) is 2.40. The van der Waals surface area contributed by atoms with Gasteiger partial charge in [-0.25, -0.2) is 14.4 Å². The van der Waals surface area contributed by atoms with Crippen molar-refractivity contribution >= 4 is 5.97 Å². The van der Waals surface area contributed by atoms with Gasteiger partial charge in [0, 0.05) is 0 Å². The van der Waals surface area contributed by atoms with E-state index < -0.39 is 17.7 Å². The number of carboxylic acids is 1. The molecule has 2 rings (SSSR count). The van der Waals surface area contributed by atoms with Crippen LogP contribution >= 0.6 is 0 Å². The largest absolute Gasteiger partial charge is 0.481 e. The predicted octanol–water partition coefficient (Wildman–Crippen LogP) is 2.34. The van der Waals surface area contributed by atoms with E-state index in [0.717, 1.165) is 5.56 Å². The molecule has 5 heteroatoms. The van der Waals surface area contributed by atoms with Crippen LogP contribution in [0.3, 0.4) is 0 Å². The summed E-state index contributed by atoms with van der Waals surface area (Å²) in [5.41, 5.74) is 0.915. The summed E-state index contributed by atoms with van der Waals surface area (Å²) in [4.78, 5) is 18.8. The number of hydrogen-bond acceptors (Lipinski definition) is 3. The third-order valence-corrected chi connectivity index (χ3v) is 2.90. The summed E-state index contributed by atoms with van der Waals surface area (Å²) in [5.74, 6) is -2.75. The predicted molar refractivity (Wildman–Crippen MR) is 67.2 cm³/mol. The number of carboxylic acid groups (broad SMARTS) is 1. The first-order valence-electron chi connectivity index (χ1n) is 5.83. The minimum absolute atomic E-state index is 0.0659. The van der Waals surface area contributed by atoms with Crippen LogP contribution in [0.4, 0.5) is 4.39 Å². The number of carbonyl (C=O) groups is 1. The number of rotatable bonds is 4. The van der Waals surface area contributed by atoms with Crippen molar-refractivity contribution in [3.8, 4) is 0 Å². The summed E-state index contributed by atoms with van der Waals surface area (Å²) < 4.78 is 13.9. The van der Waals surface area contributed by atoms with Gasteiger partial charge in [-0.05, 0) is 18.9 Å². The van der Waals surface area contributed by atoms with Gasteiger partial charge in [0.25, 0.3) is 0 Å². The molecular formula is C14H13FN2O2. The Morgan fingerprint density at radius 3 is 2.63 bits per heavy atom. The van der Waals surface area contributed by atoms with Gasteiger partial charge >= 0.3 is 5.97 Å². The molecule has 2 aromatic rings. The zero-order valence-electron chi connectivity index (χ0n) is 10.4. The lowest BCUT2D eigenvalue weighted by molar-refractivity contribution is -0.138. The number of nitrogens with zero attached hydrogens (tertiary/aromatic N) is 2. The Hall–Kier alpha value is -2.30. The van der Waals surface area contributed by atoms with Gasteiger partial charge in [-0.3, -0.25) is 4.79 Å². The summed E-state index contributed by atoms with van der Waals surface area (Å²) in [5, 5.41) is 9.28. The van der Waals surface area contributed by atoms with E-state index in [0.29, 0.717) is 0 Å². The molecule has 1 aromatic heterocycles. The molecule has 0 radical (unpaired) electrons. The minimum Gasteiger partial charge on any atom is -0.481 e. The number of aromatic nitrogens is 2. The molecule has 98 valence electrons. The molecule has 1 N–H and O–H groups in total. The van der Waals surface area contributed by atoms with Crippen LogP contribution in [0.1, 0.15) is 22.9 Å². The highest BCUT2D eigenvalue weighted by Crippen LogP contribution is 2.22. The molecule has 1 atom stereocenters. The quantitative estimate of drug-likeness (QED) is 0.916. The molecule has 0 aliphatic carbocycles. The van der Waals surface area contributed by atoms with Gasteiger partial charge in [-0.1, -0.05) is 30.3 Å². The van der Waals surface area contributed by atoms with Gasteiger partial charge < -0.3 is 5.11 Å². The van der Waals surface area contributed by atoms with Crippen molar-refractivity contribution in [2.75, 3.05) is 0 Å². The second kappa shape index (κ2) is 5.56. The number of aliphatic carboxylic acids is 1. The molecule has 0 saturated carbocycles. The first kappa shape index (κ1) is 13.1. The van der Waals surface area contributed by atoms with E-state index in [1.165, 1.54) is 13.3 Å². The smallest absolute Gasteiger partial charge is 0.313 e. The van der Waals surface area contributed by atoms with E-state index in [-0.39, 0.29) is 17.8 Å². The fraction of sp³-hybridized carbons (Fsp3) is 0.214. The van der Waals surface area contributed by atoms with E-state index in [2.05, 4.69) is 9.97 Å². The lowest BCUT2D eigenvalue weighted by atomic mass is 9.95. The standard InChI is InChI=1S/C14H13FN2O2/c1-9-12(15)13(17-8-16-9)11(14(18)19)7-10-5-3-2-4-6-10/h2-6,8,11H,7H2,1H3,(H,18,19). The maximum Gasteiger partial charge on any atom is 0.313 e. The molecule has 1 unspecified atom stereocenters. The maximum absolute atomic E-state index is 13.9. The second-order valence-corrected chi connectivity index (χ2v) is 4.24. The Labute approximate surface area is 110 Å². The fourth-order valence-electron chi connectivity index (χ4n) is 1.87. The van der Waals surface area contributed by atoms with Crippen molar-refractivity contribution in [3.63, 3.8) is 0 Å². The van der Waals surface area contributed by atoms with Gasteiger partial charge in [-0.2, -0.15) is 0 Å². The summed E-state index contributed by atoms with van der Waals surface area (Å²) in [6.45, 7) is 1.49. The molecule has 0 amide bonds. The van der Waals surface area contributed by atoms with E-state index >= 15 is 0 Å². The second-order valence-electron chi connectivity index (χ2n) is 4.24. The van der Waals surface area contributed by atoms with Crippen LogP contribution in [-0.4, -0.2) is 21.0 Å². The highest BCUT2D eigenvalue weighted by molar-refractivity contribution is 5.76. The fourth-order valence-corrected chi connectivity index (χ4v) is 1.87. The number of aryl methyl sites for hydroxylation is 1. The Balaban J connectivity index is 2.36. The summed E-state index contributed by atoms with van der Waals surface area (Å²) in [6.07, 6.45) is 1.39. The van der Waals surface area contributed by atoms with Crippen molar-refractivity contribution < 1.29 is 14.3 Å². The number of hydrogen-bond donors (Lipinski definition) is 1. The number of benzene rings is 1. The Bertz CT molecular complexity index is 587. The third kappa shape index (κ3) is 2.93. The Kier molecular flexibility index (Phi) is 3.85. The van der Waals surface area contributed by atoms with E-state index in [1.807, 2.05) is 30.3 Å². The van der Waals surface area contributed by atoms with E-state index in [9.17, 15) is 14.3 Å². The van der Waals surface area contributed by atoms with Crippen LogP contribution in [0.25, 0.3) is 0 Å². The SMILES string of the molecule is Cc1ncnc(C(Cc2ccccc2)C(=O)O)c1F. The zero-order chi connectivity index (χ0) is 13.8. The van der Waals surface area contributed by atoms with Crippen molar-refractivity contribution in [2.45, 2.75) is 19.3 Å². The Morgan fingerprint density at radius 1 is 1.32 bits per heavy atom. The summed E-state index contributed by atoms with van der Waals surface area (Å²) in [7, 11) is 0. The van der Waals surface area contributed by atoms with Crippen LogP contribution in [0, 0.1) is 12.7 Å². The third-order valence-electron chi connectivity index (χ3n) is 2.90. The Morgan fingerprint density at radius 2 is 2.00 bits per heavy atom. The van der Waals surface area contributed by atoms with Gasteiger partial charge in [-0.15, -0.1) is 0 Å². The molecule has 0 bridgehead atoms. The van der Waals surface area contributed by atoms with Gasteiger partial charge in [0.05, 0.1) is 11.4 Å². The molecule has 0 spiro atoms. The monoisotopic (exact) mass is 260 g/mol. The van der Waals surface area contributed by atoms with Crippen molar-refractivity contribution in [3.05, 3.63) is 59.4 Å². The lowest BCUT2D eigenvalue weighted by Gasteiger charge is -2.13. The highest BCUT2D eigenvalue weighted by Gasteiger charge is 2.26. The minimum atomic E-state index is -1.10. The molecule has 4 nitrogen and oxygen atoms in total. The van der Waals surface area contributed by atoms with Crippen LogP contribution in [0.15, 0.2) is 36.7 Å². The number of halogens is 1. The first-order valence-corrected chi connectivity index (χ1v) is 5.83. The average molecular weight is 260 g/mol. The van der Waals surface area contributed by atoms with Crippen molar-refractivity contribution in [1.82, 2.24) is 9.97 Å². The molecule has 0 saturated heterocycles. The van der Waals surface area contributed by atoms with Crippen LogP contribution < -0.4 is 0 Å². The topological polar surface area (TPSA) is 63.1 Å². The zero-order valence-corrected chi connectivity index (χ0v) is 10.4. The van der Waals surface area contributed by atoms with Crippen LogP contribution in [0.5, 0.6) is 0 Å².